The van der Waals surface area contributed by atoms with Crippen molar-refractivity contribution >= 4 is 35.3 Å². The Bertz CT molecular complexity index is 1490. The van der Waals surface area contributed by atoms with Crippen molar-refractivity contribution in [3.05, 3.63) is 112 Å². The Morgan fingerprint density at radius 1 is 1.05 bits per heavy atom. The number of esters is 1. The zero-order valence-corrected chi connectivity index (χ0v) is 23.5. The minimum atomic E-state index is -0.528. The number of hydrogen-bond donors (Lipinski definition) is 1. The minimum Gasteiger partial charge on any atom is -0.491 e. The molecule has 0 spiro atoms. The molecule has 0 aliphatic carbocycles. The number of benzene rings is 3. The Morgan fingerprint density at radius 3 is 2.49 bits per heavy atom. The zero-order chi connectivity index (χ0) is 27.4. The van der Waals surface area contributed by atoms with Gasteiger partial charge in [0.15, 0.2) is 0 Å². The molecule has 0 amide bonds. The second-order valence-electron chi connectivity index (χ2n) is 9.41. The summed E-state index contributed by atoms with van der Waals surface area (Å²) in [7, 11) is 0. The summed E-state index contributed by atoms with van der Waals surface area (Å²) in [5.74, 6) is 1.52. The first-order valence-electron chi connectivity index (χ1n) is 12.7. The van der Waals surface area contributed by atoms with Crippen LogP contribution in [-0.2, 0) is 21.9 Å². The van der Waals surface area contributed by atoms with Crippen LogP contribution in [0, 0.1) is 0 Å². The molecule has 1 aliphatic heterocycles. The van der Waals surface area contributed by atoms with Crippen molar-refractivity contribution in [3.8, 4) is 5.75 Å². The third-order valence-corrected chi connectivity index (χ3v) is 7.40. The van der Waals surface area contributed by atoms with E-state index in [-0.39, 0.29) is 12.7 Å². The largest absolute Gasteiger partial charge is 0.491 e. The molecule has 5 rings (SSSR count). The molecule has 39 heavy (non-hydrogen) atoms. The number of anilines is 1. The predicted octanol–water partition coefficient (Wildman–Crippen LogP) is 7.04. The lowest BCUT2D eigenvalue weighted by molar-refractivity contribution is -0.140. The van der Waals surface area contributed by atoms with Crippen LogP contribution in [0.4, 0.5) is 5.95 Å². The maximum atomic E-state index is 13.5. The van der Waals surface area contributed by atoms with Crippen LogP contribution in [0.25, 0.3) is 0 Å². The highest BCUT2D eigenvalue weighted by molar-refractivity contribution is 7.98. The van der Waals surface area contributed by atoms with E-state index in [1.54, 1.807) is 4.68 Å². The van der Waals surface area contributed by atoms with E-state index in [2.05, 4.69) is 5.32 Å². The fraction of sp³-hybridized carbons (Fsp3) is 0.233. The Labute approximate surface area is 237 Å². The van der Waals surface area contributed by atoms with E-state index in [1.165, 1.54) is 11.8 Å². The number of thioether (sulfide) groups is 1. The quantitative estimate of drug-likeness (QED) is 0.174. The summed E-state index contributed by atoms with van der Waals surface area (Å²) in [6.45, 7) is 6.00. The van der Waals surface area contributed by atoms with Crippen molar-refractivity contribution in [1.29, 1.82) is 0 Å². The molecule has 0 bridgehead atoms. The predicted molar refractivity (Wildman–Crippen MR) is 154 cm³/mol. The molecule has 7 nitrogen and oxygen atoms in total. The van der Waals surface area contributed by atoms with Gasteiger partial charge in [-0.25, -0.2) is 9.48 Å². The van der Waals surface area contributed by atoms with Gasteiger partial charge in [-0.2, -0.15) is 4.98 Å². The maximum absolute atomic E-state index is 13.5. The van der Waals surface area contributed by atoms with Crippen LogP contribution in [0.5, 0.6) is 5.75 Å². The van der Waals surface area contributed by atoms with Gasteiger partial charge in [0.1, 0.15) is 18.4 Å². The smallest absolute Gasteiger partial charge is 0.338 e. The van der Waals surface area contributed by atoms with E-state index in [1.807, 2.05) is 99.6 Å². The van der Waals surface area contributed by atoms with Gasteiger partial charge in [0.2, 0.25) is 11.1 Å². The first kappa shape index (κ1) is 26.8. The van der Waals surface area contributed by atoms with E-state index in [0.717, 1.165) is 22.4 Å². The molecule has 0 saturated heterocycles. The number of fused-ring (bicyclic) bond motifs is 1. The fourth-order valence-corrected chi connectivity index (χ4v) is 5.44. The van der Waals surface area contributed by atoms with Crippen LogP contribution in [0.1, 0.15) is 43.5 Å². The third-order valence-electron chi connectivity index (χ3n) is 6.15. The van der Waals surface area contributed by atoms with Crippen molar-refractivity contribution in [2.45, 2.75) is 50.4 Å². The Kier molecular flexibility index (Phi) is 8.24. The number of hydrogen-bond acceptors (Lipinski definition) is 7. The molecule has 4 aromatic rings. The number of ether oxygens (including phenoxy) is 2. The number of carbonyl (C=O) groups is 1. The number of aromatic nitrogens is 3. The Morgan fingerprint density at radius 2 is 1.77 bits per heavy atom. The first-order valence-corrected chi connectivity index (χ1v) is 14.0. The first-order chi connectivity index (χ1) is 18.9. The van der Waals surface area contributed by atoms with Gasteiger partial charge in [-0.05, 0) is 55.7 Å². The van der Waals surface area contributed by atoms with E-state index in [0.29, 0.717) is 33.2 Å². The highest BCUT2D eigenvalue weighted by Crippen LogP contribution is 2.38. The van der Waals surface area contributed by atoms with E-state index < -0.39 is 12.0 Å². The lowest BCUT2D eigenvalue weighted by Crippen LogP contribution is -2.29. The lowest BCUT2D eigenvalue weighted by Gasteiger charge is -2.28. The average Bonchev–Trinajstić information content (AvgIpc) is 3.33. The lowest BCUT2D eigenvalue weighted by atomic mass is 9.95. The van der Waals surface area contributed by atoms with Crippen molar-refractivity contribution in [2.24, 2.45) is 0 Å². The summed E-state index contributed by atoms with van der Waals surface area (Å²) in [5.41, 5.74) is 3.93. The SMILES string of the molecule is CC1=C(C(=O)OCc2ccccc2)C(c2ccc(OC(C)C)cc2)n2nc(SCc3ccccc3Cl)nc2N1. The van der Waals surface area contributed by atoms with Gasteiger partial charge < -0.3 is 14.8 Å². The highest BCUT2D eigenvalue weighted by Gasteiger charge is 2.35. The van der Waals surface area contributed by atoms with Crippen LogP contribution >= 0.6 is 23.4 Å². The number of nitrogens with one attached hydrogen (secondary N) is 1. The van der Waals surface area contributed by atoms with Crippen molar-refractivity contribution in [1.82, 2.24) is 14.8 Å². The molecule has 2 heterocycles. The summed E-state index contributed by atoms with van der Waals surface area (Å²) in [6, 6.07) is 24.5. The number of halogens is 1. The maximum Gasteiger partial charge on any atom is 0.338 e. The third kappa shape index (κ3) is 6.29. The Balaban J connectivity index is 1.45. The number of nitrogens with zero attached hydrogens (tertiary/aromatic N) is 3. The molecule has 3 aromatic carbocycles. The van der Waals surface area contributed by atoms with Gasteiger partial charge in [-0.3, -0.25) is 0 Å². The van der Waals surface area contributed by atoms with Gasteiger partial charge >= 0.3 is 5.97 Å². The van der Waals surface area contributed by atoms with Crippen LogP contribution in [0.15, 0.2) is 95.3 Å². The molecule has 1 unspecified atom stereocenters. The van der Waals surface area contributed by atoms with Crippen LogP contribution < -0.4 is 10.1 Å². The summed E-state index contributed by atoms with van der Waals surface area (Å²) in [5, 5.41) is 9.34. The zero-order valence-electron chi connectivity index (χ0n) is 21.9. The molecular formula is C30H29ClN4O3S. The summed E-state index contributed by atoms with van der Waals surface area (Å²) in [4.78, 5) is 18.2. The fourth-order valence-electron chi connectivity index (χ4n) is 4.32. The van der Waals surface area contributed by atoms with Crippen molar-refractivity contribution in [2.75, 3.05) is 5.32 Å². The number of allylic oxidation sites excluding steroid dienone is 1. The van der Waals surface area contributed by atoms with Gasteiger partial charge in [-0.1, -0.05) is 84.0 Å². The standard InChI is InChI=1S/C30H29ClN4O3S/c1-19(2)38-24-15-13-22(14-16-24)27-26(28(36)37-17-21-9-5-4-6-10-21)20(3)32-29-33-30(34-35(27)29)39-18-23-11-7-8-12-25(23)31/h4-16,19,27H,17-18H2,1-3H3,(H,32,33,34). The number of carbonyl (C=O) groups excluding carboxylic acids is 1. The Hall–Kier alpha value is -3.75. The van der Waals surface area contributed by atoms with Crippen molar-refractivity contribution < 1.29 is 14.3 Å². The van der Waals surface area contributed by atoms with Gasteiger partial charge in [0.25, 0.3) is 0 Å². The number of rotatable bonds is 9. The van der Waals surface area contributed by atoms with Gasteiger partial charge in [0.05, 0.1) is 11.7 Å². The monoisotopic (exact) mass is 560 g/mol. The van der Waals surface area contributed by atoms with E-state index in [9.17, 15) is 4.79 Å². The minimum absolute atomic E-state index is 0.0556. The van der Waals surface area contributed by atoms with E-state index in [4.69, 9.17) is 31.2 Å². The second-order valence-corrected chi connectivity index (χ2v) is 10.8. The molecule has 0 radical (unpaired) electrons. The molecule has 0 fully saturated rings. The van der Waals surface area contributed by atoms with Crippen molar-refractivity contribution in [3.63, 3.8) is 0 Å². The normalized spacial score (nSPS) is 14.6. The molecule has 0 saturated carbocycles. The van der Waals surface area contributed by atoms with E-state index >= 15 is 0 Å². The average molecular weight is 561 g/mol. The molecule has 1 N–H and O–H groups in total. The van der Waals surface area contributed by atoms with Crippen LogP contribution in [0.2, 0.25) is 5.02 Å². The van der Waals surface area contributed by atoms with Crippen LogP contribution in [-0.4, -0.2) is 26.8 Å². The molecule has 9 heteroatoms. The topological polar surface area (TPSA) is 78.3 Å². The van der Waals surface area contributed by atoms with Gasteiger partial charge in [0, 0.05) is 16.5 Å². The molecule has 1 aliphatic rings. The molecular weight excluding hydrogens is 532 g/mol. The molecule has 1 aromatic heterocycles. The molecule has 200 valence electrons. The summed E-state index contributed by atoms with van der Waals surface area (Å²) < 4.78 is 13.3. The highest BCUT2D eigenvalue weighted by atomic mass is 35.5. The van der Waals surface area contributed by atoms with Gasteiger partial charge in [-0.15, -0.1) is 5.10 Å². The van der Waals surface area contributed by atoms with Crippen LogP contribution in [0.3, 0.4) is 0 Å². The summed E-state index contributed by atoms with van der Waals surface area (Å²) in [6.07, 6.45) is 0.0556. The second kappa shape index (κ2) is 12.0. The molecule has 1 atom stereocenters. The summed E-state index contributed by atoms with van der Waals surface area (Å²) >= 11 is 7.83.